The molecule has 11 heteroatoms. The molecule has 0 unspecified atom stereocenters. The molecule has 2 heterocycles. The molecule has 0 saturated heterocycles. The number of fused-ring (bicyclic) bond motifs is 4. The number of carbonyl (C=O) groups excluding carboxylic acids is 2. The minimum Gasteiger partial charge on any atom is -0.490 e. The fraction of sp³-hybridized carbons (Fsp3) is 0.556. The van der Waals surface area contributed by atoms with Crippen molar-refractivity contribution >= 4 is 39.2 Å². The van der Waals surface area contributed by atoms with Crippen molar-refractivity contribution in [2.45, 2.75) is 88.6 Å². The second-order valence-corrected chi connectivity index (χ2v) is 16.5. The number of esters is 1. The van der Waals surface area contributed by atoms with Gasteiger partial charge in [0, 0.05) is 29.1 Å². The largest absolute Gasteiger partial charge is 0.490 e. The zero-order valence-corrected chi connectivity index (χ0v) is 28.9. The van der Waals surface area contributed by atoms with E-state index in [0.717, 1.165) is 37.8 Å². The van der Waals surface area contributed by atoms with Crippen LogP contribution in [0.1, 0.15) is 80.8 Å². The van der Waals surface area contributed by atoms with Crippen LogP contribution in [0, 0.1) is 17.8 Å². The normalized spacial score (nSPS) is 31.0. The molecular formula is C36H45ClN2O7S. The van der Waals surface area contributed by atoms with E-state index in [1.807, 2.05) is 12.1 Å². The summed E-state index contributed by atoms with van der Waals surface area (Å²) in [5, 5.41) is 10.8. The van der Waals surface area contributed by atoms with E-state index < -0.39 is 51.7 Å². The van der Waals surface area contributed by atoms with Crippen molar-refractivity contribution in [2.75, 3.05) is 24.6 Å². The molecule has 6 atom stereocenters. The van der Waals surface area contributed by atoms with Gasteiger partial charge in [0.2, 0.25) is 10.0 Å². The summed E-state index contributed by atoms with van der Waals surface area (Å²) >= 11 is 6.40. The van der Waals surface area contributed by atoms with Crippen molar-refractivity contribution in [1.29, 1.82) is 0 Å². The van der Waals surface area contributed by atoms with Crippen LogP contribution in [0.3, 0.4) is 0 Å². The SMILES string of the molecule is CC(C)OC(=O)C[C@H]1[C@@H](C)C/C=C/[C@H](O)[C@@H]2CC[C@H]2CN2C[C@@]3(CCCc4cc(Cl)ccc43)COc3ccc(cc32)C(=O)NS1(=O)=O. The van der Waals surface area contributed by atoms with Gasteiger partial charge in [-0.25, -0.2) is 13.1 Å². The smallest absolute Gasteiger partial charge is 0.307 e. The van der Waals surface area contributed by atoms with E-state index in [0.29, 0.717) is 36.9 Å². The van der Waals surface area contributed by atoms with Crippen molar-refractivity contribution in [3.8, 4) is 5.75 Å². The maximum Gasteiger partial charge on any atom is 0.307 e. The van der Waals surface area contributed by atoms with E-state index in [2.05, 4.69) is 15.7 Å². The van der Waals surface area contributed by atoms with Crippen molar-refractivity contribution in [1.82, 2.24) is 4.72 Å². The number of sulfonamides is 1. The van der Waals surface area contributed by atoms with E-state index in [-0.39, 0.29) is 22.8 Å². The third-order valence-corrected chi connectivity index (χ3v) is 12.6. The number of nitrogens with zero attached hydrogens (tertiary/aromatic N) is 1. The lowest BCUT2D eigenvalue weighted by molar-refractivity contribution is -0.147. The zero-order chi connectivity index (χ0) is 33.5. The van der Waals surface area contributed by atoms with Gasteiger partial charge in [-0.2, -0.15) is 0 Å². The third-order valence-electron chi connectivity index (χ3n) is 10.5. The quantitative estimate of drug-likeness (QED) is 0.318. The van der Waals surface area contributed by atoms with Crippen LogP contribution in [-0.2, 0) is 31.4 Å². The number of carbonyl (C=O) groups is 2. The van der Waals surface area contributed by atoms with Crippen LogP contribution < -0.4 is 14.4 Å². The Morgan fingerprint density at radius 3 is 2.77 bits per heavy atom. The number of aliphatic hydroxyl groups excluding tert-OH is 1. The fourth-order valence-corrected chi connectivity index (χ4v) is 9.69. The molecule has 0 radical (unpaired) electrons. The van der Waals surface area contributed by atoms with Gasteiger partial charge in [-0.05, 0) is 112 Å². The predicted octanol–water partition coefficient (Wildman–Crippen LogP) is 5.57. The molecule has 1 spiro atoms. The molecule has 2 aliphatic carbocycles. The maximum atomic E-state index is 13.7. The summed E-state index contributed by atoms with van der Waals surface area (Å²) in [5.74, 6) is -1.06. The van der Waals surface area contributed by atoms with Gasteiger partial charge in [0.05, 0.1) is 36.2 Å². The maximum absolute atomic E-state index is 13.7. The van der Waals surface area contributed by atoms with Crippen LogP contribution in [0.25, 0.3) is 0 Å². The van der Waals surface area contributed by atoms with Gasteiger partial charge >= 0.3 is 5.97 Å². The van der Waals surface area contributed by atoms with Crippen molar-refractivity contribution in [2.24, 2.45) is 17.8 Å². The molecule has 9 nitrogen and oxygen atoms in total. The Kier molecular flexibility index (Phi) is 9.67. The van der Waals surface area contributed by atoms with Gasteiger partial charge in [-0.3, -0.25) is 9.59 Å². The Bertz CT molecular complexity index is 1660. The number of benzene rings is 2. The first-order valence-electron chi connectivity index (χ1n) is 16.8. The molecule has 6 rings (SSSR count). The molecule has 1 fully saturated rings. The van der Waals surface area contributed by atoms with Crippen LogP contribution in [0.4, 0.5) is 5.69 Å². The van der Waals surface area contributed by atoms with Gasteiger partial charge in [0.25, 0.3) is 5.91 Å². The summed E-state index contributed by atoms with van der Waals surface area (Å²) in [4.78, 5) is 28.6. The summed E-state index contributed by atoms with van der Waals surface area (Å²) in [7, 11) is -4.30. The van der Waals surface area contributed by atoms with Gasteiger partial charge < -0.3 is 19.5 Å². The molecular weight excluding hydrogens is 640 g/mol. The summed E-state index contributed by atoms with van der Waals surface area (Å²) in [5.41, 5.74) is 3.04. The number of halogens is 1. The van der Waals surface area contributed by atoms with Crippen LogP contribution in [0.2, 0.25) is 5.02 Å². The molecule has 0 aromatic heterocycles. The highest BCUT2D eigenvalue weighted by Crippen LogP contribution is 2.46. The van der Waals surface area contributed by atoms with Crippen molar-refractivity contribution in [3.63, 3.8) is 0 Å². The number of allylic oxidation sites excluding steroid dienone is 1. The number of hydrogen-bond acceptors (Lipinski definition) is 8. The number of hydrogen-bond donors (Lipinski definition) is 2. The second-order valence-electron chi connectivity index (χ2n) is 14.2. The van der Waals surface area contributed by atoms with E-state index in [1.54, 1.807) is 51.1 Å². The zero-order valence-electron chi connectivity index (χ0n) is 27.3. The Balaban J connectivity index is 1.39. The molecule has 4 aliphatic rings. The average Bonchev–Trinajstić information content (AvgIpc) is 3.13. The average molecular weight is 685 g/mol. The lowest BCUT2D eigenvalue weighted by Gasteiger charge is -2.45. The number of rotatable bonds is 3. The first-order chi connectivity index (χ1) is 22.3. The Morgan fingerprint density at radius 1 is 1.21 bits per heavy atom. The second kappa shape index (κ2) is 13.4. The number of nitrogens with one attached hydrogen (secondary N) is 1. The lowest BCUT2D eigenvalue weighted by Crippen LogP contribution is -2.49. The fourth-order valence-electron chi connectivity index (χ4n) is 7.89. The Hall–Kier alpha value is -3.08. The highest BCUT2D eigenvalue weighted by molar-refractivity contribution is 7.90. The van der Waals surface area contributed by atoms with Crippen LogP contribution in [0.5, 0.6) is 5.75 Å². The van der Waals surface area contributed by atoms with Crippen molar-refractivity contribution in [3.05, 3.63) is 70.3 Å². The first-order valence-corrected chi connectivity index (χ1v) is 18.7. The molecule has 2 aliphatic heterocycles. The van der Waals surface area contributed by atoms with Gasteiger partial charge in [-0.1, -0.05) is 36.7 Å². The number of aryl methyl sites for hydroxylation is 1. The minimum absolute atomic E-state index is 0.0440. The van der Waals surface area contributed by atoms with E-state index in [1.165, 1.54) is 11.1 Å². The highest BCUT2D eigenvalue weighted by Gasteiger charge is 2.44. The van der Waals surface area contributed by atoms with Crippen LogP contribution >= 0.6 is 11.6 Å². The van der Waals surface area contributed by atoms with Crippen molar-refractivity contribution < 1.29 is 32.6 Å². The molecule has 47 heavy (non-hydrogen) atoms. The summed E-state index contributed by atoms with van der Waals surface area (Å²) in [6.45, 7) is 6.89. The molecule has 2 N–H and O–H groups in total. The Morgan fingerprint density at radius 2 is 2.02 bits per heavy atom. The van der Waals surface area contributed by atoms with Crippen LogP contribution in [-0.4, -0.2) is 62.6 Å². The molecule has 2 aromatic rings. The lowest BCUT2D eigenvalue weighted by atomic mass is 9.68. The predicted molar refractivity (Wildman–Crippen MR) is 181 cm³/mol. The third kappa shape index (κ3) is 7.06. The van der Waals surface area contributed by atoms with Crippen LogP contribution in [0.15, 0.2) is 48.6 Å². The Labute approximate surface area is 282 Å². The summed E-state index contributed by atoms with van der Waals surface area (Å²) < 4.78 is 41.6. The molecule has 254 valence electrons. The number of aliphatic hydroxyl groups is 1. The number of amides is 1. The highest BCUT2D eigenvalue weighted by atomic mass is 35.5. The minimum atomic E-state index is -4.30. The summed E-state index contributed by atoms with van der Waals surface area (Å²) in [6.07, 6.45) is 7.09. The number of anilines is 1. The molecule has 2 aromatic carbocycles. The standard InChI is InChI=1S/C36H45ClN2O7S/c1-22(2)46-34(41)18-33-23(3)6-4-8-31(40)28-12-9-26(28)19-39-20-36(15-5-7-24-16-27(37)11-13-29(24)36)21-45-32-14-10-25(17-30(32)39)35(42)38-47(33,43)44/h4,8,10-11,13-14,16-17,22-23,26,28,31,33,40H,5-7,9,12,15,18-21H2,1-3H3,(H,38,42)/b8-4+/t23-,26-,28+,31-,33-,36-/m0/s1. The first kappa shape index (κ1) is 33.8. The van der Waals surface area contributed by atoms with E-state index in [9.17, 15) is 23.1 Å². The van der Waals surface area contributed by atoms with Gasteiger partial charge in [0.1, 0.15) is 5.75 Å². The molecule has 2 bridgehead atoms. The monoisotopic (exact) mass is 684 g/mol. The van der Waals surface area contributed by atoms with Gasteiger partial charge in [0.15, 0.2) is 0 Å². The topological polar surface area (TPSA) is 122 Å². The molecule has 1 saturated carbocycles. The van der Waals surface area contributed by atoms with E-state index >= 15 is 0 Å². The number of ether oxygens (including phenoxy) is 2. The summed E-state index contributed by atoms with van der Waals surface area (Å²) in [6, 6.07) is 11.1. The molecule has 1 amide bonds. The van der Waals surface area contributed by atoms with E-state index in [4.69, 9.17) is 21.1 Å². The van der Waals surface area contributed by atoms with Gasteiger partial charge in [-0.15, -0.1) is 0 Å².